The summed E-state index contributed by atoms with van der Waals surface area (Å²) in [5.41, 5.74) is -0.524. The number of hydrogen-bond donors (Lipinski definition) is 1. The van der Waals surface area contributed by atoms with E-state index in [1.54, 1.807) is 0 Å². The van der Waals surface area contributed by atoms with Crippen LogP contribution in [0.4, 0.5) is 0 Å². The van der Waals surface area contributed by atoms with Crippen molar-refractivity contribution in [2.45, 2.75) is 39.1 Å². The molecule has 0 bridgehead atoms. The molecule has 0 aliphatic carbocycles. The maximum Gasteiger partial charge on any atom is 0.151 e. The van der Waals surface area contributed by atoms with E-state index < -0.39 is 0 Å². The maximum absolute atomic E-state index is 5.27. The van der Waals surface area contributed by atoms with Crippen molar-refractivity contribution in [2.75, 3.05) is 6.79 Å². The molecule has 0 aromatic carbocycles. The quantitative estimate of drug-likeness (QED) is 0.552. The van der Waals surface area contributed by atoms with Gasteiger partial charge in [0.25, 0.3) is 0 Å². The third kappa shape index (κ3) is 1.94. The van der Waals surface area contributed by atoms with Gasteiger partial charge in [0, 0.05) is 0 Å². The summed E-state index contributed by atoms with van der Waals surface area (Å²) in [4.78, 5) is 0. The predicted molar refractivity (Wildman–Crippen MR) is 38.3 cm³/mol. The summed E-state index contributed by atoms with van der Waals surface area (Å²) in [5.74, 6) is 0. The smallest absolute Gasteiger partial charge is 0.151 e. The van der Waals surface area contributed by atoms with Gasteiger partial charge in [-0.1, -0.05) is 0 Å². The van der Waals surface area contributed by atoms with Crippen LogP contribution in [0, 0.1) is 0 Å². The Morgan fingerprint density at radius 2 is 1.40 bits per heavy atom. The lowest BCUT2D eigenvalue weighted by atomic mass is 10.2. The minimum absolute atomic E-state index is 0.262. The number of hydrogen-bond acceptors (Lipinski definition) is 3. The summed E-state index contributed by atoms with van der Waals surface area (Å²) < 4.78 is 10.5. The van der Waals surface area contributed by atoms with Crippen molar-refractivity contribution in [3.8, 4) is 0 Å². The van der Waals surface area contributed by atoms with E-state index in [1.807, 2.05) is 27.7 Å². The van der Waals surface area contributed by atoms with Gasteiger partial charge in [0.1, 0.15) is 11.4 Å². The fourth-order valence-corrected chi connectivity index (χ4v) is 1.12. The van der Waals surface area contributed by atoms with Crippen LogP contribution >= 0.6 is 0 Å². The standard InChI is InChI=1S/C7H15NO2/c1-6(2)8-7(3,4)10-5-9-6/h8H,5H2,1-4H3. The Morgan fingerprint density at radius 3 is 1.60 bits per heavy atom. The van der Waals surface area contributed by atoms with Crippen molar-refractivity contribution in [3.05, 3.63) is 0 Å². The lowest BCUT2D eigenvalue weighted by Gasteiger charge is -2.41. The molecule has 0 aromatic heterocycles. The fourth-order valence-electron chi connectivity index (χ4n) is 1.12. The molecular formula is C7H15NO2. The molecule has 1 rings (SSSR count). The Bertz CT molecular complexity index is 118. The highest BCUT2D eigenvalue weighted by molar-refractivity contribution is 4.77. The molecule has 0 aromatic rings. The largest absolute Gasteiger partial charge is 0.335 e. The van der Waals surface area contributed by atoms with Gasteiger partial charge in [0.2, 0.25) is 0 Å². The van der Waals surface area contributed by atoms with Crippen LogP contribution in [0.15, 0.2) is 0 Å². The van der Waals surface area contributed by atoms with Gasteiger partial charge >= 0.3 is 0 Å². The van der Waals surface area contributed by atoms with Gasteiger partial charge in [-0.25, -0.2) is 0 Å². The third-order valence-electron chi connectivity index (χ3n) is 1.44. The molecule has 0 saturated carbocycles. The average molecular weight is 145 g/mol. The monoisotopic (exact) mass is 145 g/mol. The van der Waals surface area contributed by atoms with Crippen molar-refractivity contribution in [2.24, 2.45) is 0 Å². The van der Waals surface area contributed by atoms with Crippen molar-refractivity contribution in [1.82, 2.24) is 5.32 Å². The Hall–Kier alpha value is -0.120. The zero-order valence-corrected chi connectivity index (χ0v) is 7.02. The first-order chi connectivity index (χ1) is 4.41. The highest BCUT2D eigenvalue weighted by atomic mass is 16.7. The lowest BCUT2D eigenvalue weighted by molar-refractivity contribution is -0.264. The molecule has 0 atom stereocenters. The predicted octanol–water partition coefficient (Wildman–Crippen LogP) is 1.05. The fraction of sp³-hybridized carbons (Fsp3) is 1.00. The SMILES string of the molecule is CC1(C)NC(C)(C)OCO1. The van der Waals surface area contributed by atoms with Gasteiger partial charge in [-0.3, -0.25) is 5.32 Å². The van der Waals surface area contributed by atoms with E-state index in [0.29, 0.717) is 6.79 Å². The van der Waals surface area contributed by atoms with Gasteiger partial charge < -0.3 is 9.47 Å². The Labute approximate surface area is 61.7 Å². The molecule has 1 fully saturated rings. The molecule has 0 spiro atoms. The van der Waals surface area contributed by atoms with Gasteiger partial charge in [0.15, 0.2) is 6.79 Å². The van der Waals surface area contributed by atoms with E-state index in [0.717, 1.165) is 0 Å². The molecule has 1 N–H and O–H groups in total. The second-order valence-electron chi connectivity index (χ2n) is 3.55. The second-order valence-corrected chi connectivity index (χ2v) is 3.55. The van der Waals surface area contributed by atoms with Crippen molar-refractivity contribution >= 4 is 0 Å². The summed E-state index contributed by atoms with van der Waals surface area (Å²) in [6.45, 7) is 8.30. The summed E-state index contributed by atoms with van der Waals surface area (Å²) in [6.07, 6.45) is 0. The highest BCUT2D eigenvalue weighted by Gasteiger charge is 2.33. The highest BCUT2D eigenvalue weighted by Crippen LogP contribution is 2.19. The van der Waals surface area contributed by atoms with E-state index in [9.17, 15) is 0 Å². The molecule has 1 aliphatic rings. The molecule has 1 heterocycles. The van der Waals surface area contributed by atoms with Gasteiger partial charge in [0.05, 0.1) is 0 Å². The molecule has 3 heteroatoms. The van der Waals surface area contributed by atoms with Crippen LogP contribution in [-0.4, -0.2) is 18.2 Å². The summed E-state index contributed by atoms with van der Waals surface area (Å²) >= 11 is 0. The molecule has 60 valence electrons. The molecule has 0 radical (unpaired) electrons. The third-order valence-corrected chi connectivity index (χ3v) is 1.44. The van der Waals surface area contributed by atoms with E-state index in [2.05, 4.69) is 5.32 Å². The van der Waals surface area contributed by atoms with E-state index >= 15 is 0 Å². The van der Waals surface area contributed by atoms with Gasteiger partial charge in [-0.15, -0.1) is 0 Å². The van der Waals surface area contributed by atoms with Crippen LogP contribution in [0.1, 0.15) is 27.7 Å². The Kier molecular flexibility index (Phi) is 1.75. The lowest BCUT2D eigenvalue weighted by Crippen LogP contribution is -2.59. The van der Waals surface area contributed by atoms with Gasteiger partial charge in [-0.2, -0.15) is 0 Å². The van der Waals surface area contributed by atoms with Crippen molar-refractivity contribution in [3.63, 3.8) is 0 Å². The maximum atomic E-state index is 5.27. The molecule has 1 saturated heterocycles. The van der Waals surface area contributed by atoms with Crippen LogP contribution in [0.25, 0.3) is 0 Å². The Morgan fingerprint density at radius 1 is 1.00 bits per heavy atom. The van der Waals surface area contributed by atoms with E-state index in [4.69, 9.17) is 9.47 Å². The minimum atomic E-state index is -0.262. The molecule has 1 aliphatic heterocycles. The number of nitrogens with one attached hydrogen (secondary N) is 1. The van der Waals surface area contributed by atoms with Crippen LogP contribution in [0.2, 0.25) is 0 Å². The van der Waals surface area contributed by atoms with Crippen LogP contribution in [-0.2, 0) is 9.47 Å². The average Bonchev–Trinajstić information content (AvgIpc) is 1.56. The van der Waals surface area contributed by atoms with Crippen molar-refractivity contribution < 1.29 is 9.47 Å². The van der Waals surface area contributed by atoms with Crippen molar-refractivity contribution in [1.29, 1.82) is 0 Å². The first-order valence-corrected chi connectivity index (χ1v) is 3.49. The molecule has 3 nitrogen and oxygen atoms in total. The van der Waals surface area contributed by atoms with E-state index in [1.165, 1.54) is 0 Å². The van der Waals surface area contributed by atoms with Crippen LogP contribution in [0.5, 0.6) is 0 Å². The normalized spacial score (nSPS) is 30.0. The van der Waals surface area contributed by atoms with Crippen LogP contribution in [0.3, 0.4) is 0 Å². The Balaban J connectivity index is 2.56. The number of rotatable bonds is 0. The molecule has 10 heavy (non-hydrogen) atoms. The molecule has 0 amide bonds. The summed E-state index contributed by atoms with van der Waals surface area (Å²) in [7, 11) is 0. The topological polar surface area (TPSA) is 30.5 Å². The zero-order valence-electron chi connectivity index (χ0n) is 7.02. The summed E-state index contributed by atoms with van der Waals surface area (Å²) in [5, 5.41) is 3.19. The minimum Gasteiger partial charge on any atom is -0.335 e. The van der Waals surface area contributed by atoms with Crippen LogP contribution < -0.4 is 5.32 Å². The second kappa shape index (κ2) is 2.19. The molecular weight excluding hydrogens is 130 g/mol. The first kappa shape index (κ1) is 7.98. The first-order valence-electron chi connectivity index (χ1n) is 3.49. The summed E-state index contributed by atoms with van der Waals surface area (Å²) in [6, 6.07) is 0. The van der Waals surface area contributed by atoms with E-state index in [-0.39, 0.29) is 11.4 Å². The number of ether oxygens (including phenoxy) is 2. The van der Waals surface area contributed by atoms with Gasteiger partial charge in [-0.05, 0) is 27.7 Å². The zero-order chi connectivity index (χ0) is 7.83. The molecule has 0 unspecified atom stereocenters.